The molecule has 1 unspecified atom stereocenters. The minimum atomic E-state index is 0.238. The molecule has 1 aromatic heterocycles. The Morgan fingerprint density at radius 3 is 2.67 bits per heavy atom. The van der Waals surface area contributed by atoms with E-state index in [2.05, 4.69) is 50.3 Å². The molecule has 0 amide bonds. The van der Waals surface area contributed by atoms with E-state index in [-0.39, 0.29) is 6.04 Å². The number of hydrogen-bond donors (Lipinski definition) is 2. The average molecular weight is 314 g/mol. The van der Waals surface area contributed by atoms with Crippen LogP contribution >= 0.6 is 43.2 Å². The van der Waals surface area contributed by atoms with Gasteiger partial charge in [-0.15, -0.1) is 11.3 Å². The third-order valence-electron chi connectivity index (χ3n) is 1.67. The van der Waals surface area contributed by atoms with E-state index in [0.717, 1.165) is 14.0 Å². The predicted octanol–water partition coefficient (Wildman–Crippen LogP) is 3.19. The number of rotatable bonds is 3. The van der Waals surface area contributed by atoms with Gasteiger partial charge in [-0.1, -0.05) is 6.92 Å². The molecule has 0 radical (unpaired) electrons. The van der Waals surface area contributed by atoms with Crippen molar-refractivity contribution >= 4 is 43.2 Å². The number of nitrogens with one attached hydrogen (secondary N) is 1. The van der Waals surface area contributed by atoms with Gasteiger partial charge >= 0.3 is 0 Å². The zero-order valence-electron chi connectivity index (χ0n) is 6.60. The van der Waals surface area contributed by atoms with Gasteiger partial charge in [-0.25, -0.2) is 0 Å². The molecule has 0 aromatic carbocycles. The fourth-order valence-corrected chi connectivity index (χ4v) is 3.99. The van der Waals surface area contributed by atoms with Crippen molar-refractivity contribution in [1.29, 1.82) is 0 Å². The van der Waals surface area contributed by atoms with Gasteiger partial charge in [-0.05, 0) is 49.9 Å². The van der Waals surface area contributed by atoms with E-state index >= 15 is 0 Å². The van der Waals surface area contributed by atoms with Crippen LogP contribution in [-0.2, 0) is 0 Å². The van der Waals surface area contributed by atoms with Crippen molar-refractivity contribution in [3.05, 3.63) is 19.2 Å². The molecule has 0 aliphatic rings. The molecule has 0 fully saturated rings. The summed E-state index contributed by atoms with van der Waals surface area (Å²) in [6, 6.07) is 2.32. The van der Waals surface area contributed by atoms with E-state index in [9.17, 15) is 0 Å². The van der Waals surface area contributed by atoms with Crippen LogP contribution in [0.1, 0.15) is 24.9 Å². The van der Waals surface area contributed by atoms with Crippen molar-refractivity contribution in [1.82, 2.24) is 5.43 Å². The summed E-state index contributed by atoms with van der Waals surface area (Å²) in [5.74, 6) is 5.41. The van der Waals surface area contributed by atoms with E-state index in [1.165, 1.54) is 5.56 Å². The largest absolute Gasteiger partial charge is 0.271 e. The van der Waals surface area contributed by atoms with Crippen LogP contribution in [0.25, 0.3) is 0 Å². The van der Waals surface area contributed by atoms with Gasteiger partial charge in [0, 0.05) is 6.04 Å². The maximum absolute atomic E-state index is 5.41. The first kappa shape index (κ1) is 10.7. The van der Waals surface area contributed by atoms with Gasteiger partial charge in [0.2, 0.25) is 0 Å². The van der Waals surface area contributed by atoms with E-state index in [1.54, 1.807) is 11.3 Å². The van der Waals surface area contributed by atoms with Crippen molar-refractivity contribution in [2.75, 3.05) is 0 Å². The highest BCUT2D eigenvalue weighted by molar-refractivity contribution is 9.12. The fourth-order valence-electron chi connectivity index (χ4n) is 1.02. The Morgan fingerprint density at radius 1 is 1.67 bits per heavy atom. The monoisotopic (exact) mass is 312 g/mol. The Kier molecular flexibility index (Phi) is 4.19. The van der Waals surface area contributed by atoms with Gasteiger partial charge in [-0.3, -0.25) is 11.3 Å². The van der Waals surface area contributed by atoms with E-state index in [1.807, 2.05) is 0 Å². The molecule has 12 heavy (non-hydrogen) atoms. The summed E-state index contributed by atoms with van der Waals surface area (Å²) >= 11 is 8.59. The van der Waals surface area contributed by atoms with Crippen LogP contribution in [0.15, 0.2) is 13.6 Å². The van der Waals surface area contributed by atoms with Crippen LogP contribution in [0.3, 0.4) is 0 Å². The van der Waals surface area contributed by atoms with Gasteiger partial charge in [0.25, 0.3) is 0 Å². The maximum atomic E-state index is 5.41. The van der Waals surface area contributed by atoms with Crippen LogP contribution in [0.2, 0.25) is 0 Å². The molecule has 0 bridgehead atoms. The average Bonchev–Trinajstić information content (AvgIpc) is 2.34. The molecule has 3 N–H and O–H groups in total. The van der Waals surface area contributed by atoms with Crippen LogP contribution in [0.4, 0.5) is 0 Å². The van der Waals surface area contributed by atoms with Crippen molar-refractivity contribution in [3.8, 4) is 0 Å². The standard InChI is InChI=1S/C7H10Br2N2S/c1-2-5(11-10)4-3-6(8)12-7(4)9/h3,5,11H,2,10H2,1H3. The van der Waals surface area contributed by atoms with E-state index in [0.29, 0.717) is 0 Å². The van der Waals surface area contributed by atoms with Gasteiger partial charge in [0.05, 0.1) is 7.57 Å². The lowest BCUT2D eigenvalue weighted by Gasteiger charge is -2.11. The smallest absolute Gasteiger partial charge is 0.0758 e. The molecule has 0 aliphatic carbocycles. The quantitative estimate of drug-likeness (QED) is 0.664. The molecule has 2 nitrogen and oxygen atoms in total. The highest BCUT2D eigenvalue weighted by Gasteiger charge is 2.13. The first-order chi connectivity index (χ1) is 5.69. The lowest BCUT2D eigenvalue weighted by Crippen LogP contribution is -2.27. The van der Waals surface area contributed by atoms with Gasteiger partial charge < -0.3 is 0 Å². The SMILES string of the molecule is CCC(NN)c1cc(Br)sc1Br. The van der Waals surface area contributed by atoms with Crippen LogP contribution in [-0.4, -0.2) is 0 Å². The fraction of sp³-hybridized carbons (Fsp3) is 0.429. The minimum absolute atomic E-state index is 0.238. The molecule has 68 valence electrons. The van der Waals surface area contributed by atoms with Crippen LogP contribution in [0, 0.1) is 0 Å². The Hall–Kier alpha value is 0.580. The van der Waals surface area contributed by atoms with E-state index < -0.39 is 0 Å². The highest BCUT2D eigenvalue weighted by atomic mass is 79.9. The van der Waals surface area contributed by atoms with Gasteiger partial charge in [-0.2, -0.15) is 0 Å². The third-order valence-corrected chi connectivity index (χ3v) is 4.05. The van der Waals surface area contributed by atoms with Crippen molar-refractivity contribution in [2.45, 2.75) is 19.4 Å². The summed E-state index contributed by atoms with van der Waals surface area (Å²) in [4.78, 5) is 0. The molecule has 0 saturated carbocycles. The summed E-state index contributed by atoms with van der Waals surface area (Å²) in [6.07, 6.45) is 0.984. The normalized spacial score (nSPS) is 13.3. The molecule has 0 spiro atoms. The predicted molar refractivity (Wildman–Crippen MR) is 60.1 cm³/mol. The summed E-state index contributed by atoms with van der Waals surface area (Å²) in [5.41, 5.74) is 4.00. The van der Waals surface area contributed by atoms with Gasteiger partial charge in [0.15, 0.2) is 0 Å². The van der Waals surface area contributed by atoms with Crippen LogP contribution in [0.5, 0.6) is 0 Å². The second kappa shape index (κ2) is 4.72. The van der Waals surface area contributed by atoms with Crippen LogP contribution < -0.4 is 11.3 Å². The molecule has 0 aliphatic heterocycles. The summed E-state index contributed by atoms with van der Waals surface area (Å²) < 4.78 is 2.26. The highest BCUT2D eigenvalue weighted by Crippen LogP contribution is 2.36. The second-order valence-electron chi connectivity index (χ2n) is 2.41. The molecule has 0 saturated heterocycles. The zero-order chi connectivity index (χ0) is 9.14. The summed E-state index contributed by atoms with van der Waals surface area (Å²) in [7, 11) is 0. The Balaban J connectivity index is 2.91. The molecular formula is C7H10Br2N2S. The number of hydrazine groups is 1. The first-order valence-electron chi connectivity index (χ1n) is 3.59. The topological polar surface area (TPSA) is 38.0 Å². The Bertz CT molecular complexity index is 258. The molecule has 1 heterocycles. The minimum Gasteiger partial charge on any atom is -0.271 e. The summed E-state index contributed by atoms with van der Waals surface area (Å²) in [6.45, 7) is 2.10. The number of thiophene rings is 1. The first-order valence-corrected chi connectivity index (χ1v) is 6.00. The Morgan fingerprint density at radius 2 is 2.33 bits per heavy atom. The van der Waals surface area contributed by atoms with Crippen molar-refractivity contribution in [2.24, 2.45) is 5.84 Å². The number of nitrogens with two attached hydrogens (primary N) is 1. The lowest BCUT2D eigenvalue weighted by molar-refractivity contribution is 0.539. The third kappa shape index (κ3) is 2.29. The molecule has 1 aromatic rings. The lowest BCUT2D eigenvalue weighted by atomic mass is 10.1. The zero-order valence-corrected chi connectivity index (χ0v) is 10.6. The second-order valence-corrected chi connectivity index (χ2v) is 6.16. The van der Waals surface area contributed by atoms with Gasteiger partial charge in [0.1, 0.15) is 0 Å². The molecule has 1 atom stereocenters. The molecule has 5 heteroatoms. The molecular weight excluding hydrogens is 304 g/mol. The number of halogens is 2. The van der Waals surface area contributed by atoms with Crippen molar-refractivity contribution in [3.63, 3.8) is 0 Å². The number of hydrogen-bond acceptors (Lipinski definition) is 3. The van der Waals surface area contributed by atoms with E-state index in [4.69, 9.17) is 5.84 Å². The van der Waals surface area contributed by atoms with Crippen molar-refractivity contribution < 1.29 is 0 Å². The summed E-state index contributed by atoms with van der Waals surface area (Å²) in [5, 5.41) is 0. The molecule has 1 rings (SSSR count). The Labute approximate surface area is 92.8 Å². The maximum Gasteiger partial charge on any atom is 0.0758 e.